The lowest BCUT2D eigenvalue weighted by Gasteiger charge is -2.02. The second-order valence-electron chi connectivity index (χ2n) is 4.97. The Hall–Kier alpha value is -2.32. The highest BCUT2D eigenvalue weighted by Gasteiger charge is 2.18. The first-order valence-electron chi connectivity index (χ1n) is 7.05. The first-order chi connectivity index (χ1) is 11.5. The number of aliphatic carboxylic acids is 1. The zero-order valence-corrected chi connectivity index (χ0v) is 14.4. The predicted molar refractivity (Wildman–Crippen MR) is 94.0 cm³/mol. The van der Waals surface area contributed by atoms with Crippen LogP contribution in [-0.2, 0) is 16.0 Å². The molecule has 1 saturated heterocycles. The summed E-state index contributed by atoms with van der Waals surface area (Å²) in [6.45, 7) is 0. The quantitative estimate of drug-likeness (QED) is 0.850. The number of rotatable bonds is 5. The number of hydrogen-bond acceptors (Lipinski definition) is 6. The van der Waals surface area contributed by atoms with Crippen LogP contribution in [0.1, 0.15) is 9.88 Å². The van der Waals surface area contributed by atoms with Crippen molar-refractivity contribution in [3.8, 4) is 17.0 Å². The van der Waals surface area contributed by atoms with Crippen molar-refractivity contribution in [2.75, 3.05) is 12.9 Å². The van der Waals surface area contributed by atoms with Gasteiger partial charge in [-0.05, 0) is 24.3 Å². The molecular formula is C16H14N2O4S2. The Kier molecular flexibility index (Phi) is 4.86. The van der Waals surface area contributed by atoms with Crippen LogP contribution in [0.25, 0.3) is 17.3 Å². The van der Waals surface area contributed by atoms with E-state index in [2.05, 4.69) is 10.3 Å². The van der Waals surface area contributed by atoms with Gasteiger partial charge in [-0.15, -0.1) is 11.3 Å². The van der Waals surface area contributed by atoms with Gasteiger partial charge in [0, 0.05) is 16.5 Å². The van der Waals surface area contributed by atoms with Crippen molar-refractivity contribution < 1.29 is 19.4 Å². The number of aromatic nitrogens is 1. The number of thioether (sulfide) groups is 1. The van der Waals surface area contributed by atoms with E-state index in [4.69, 9.17) is 9.84 Å². The fourth-order valence-corrected chi connectivity index (χ4v) is 4.04. The summed E-state index contributed by atoms with van der Waals surface area (Å²) < 4.78 is 5.14. The summed E-state index contributed by atoms with van der Waals surface area (Å²) in [6.07, 6.45) is 1.68. The van der Waals surface area contributed by atoms with E-state index in [0.29, 0.717) is 21.3 Å². The number of benzene rings is 1. The Bertz CT molecular complexity index is 812. The number of thiazole rings is 1. The fraction of sp³-hybridized carbons (Fsp3) is 0.188. The summed E-state index contributed by atoms with van der Waals surface area (Å²) in [6, 6.07) is 7.32. The van der Waals surface area contributed by atoms with E-state index in [1.807, 2.05) is 24.3 Å². The second kappa shape index (κ2) is 7.06. The molecule has 1 aliphatic rings. The van der Waals surface area contributed by atoms with Crippen LogP contribution >= 0.6 is 23.1 Å². The molecule has 24 heavy (non-hydrogen) atoms. The lowest BCUT2D eigenvalue weighted by atomic mass is 10.1. The molecule has 2 aromatic rings. The third-order valence-corrected chi connectivity index (χ3v) is 5.20. The maximum atomic E-state index is 11.3. The van der Waals surface area contributed by atoms with E-state index >= 15 is 0 Å². The van der Waals surface area contributed by atoms with Gasteiger partial charge in [-0.2, -0.15) is 0 Å². The van der Waals surface area contributed by atoms with Crippen LogP contribution in [0.15, 0.2) is 29.3 Å². The molecule has 3 rings (SSSR count). The minimum absolute atomic E-state index is 0.0380. The molecule has 8 heteroatoms. The van der Waals surface area contributed by atoms with Gasteiger partial charge in [0.15, 0.2) is 0 Å². The standard InChI is InChI=1S/C16H14N2O4S2/c1-22-10-4-2-9(3-5-10)16-11(6-15(20)21)24-14(18-16)7-13-17-12(19)8-23-13/h2-5,7H,6,8H2,1H3,(H,17,19)(H,20,21)/b13-7+. The van der Waals surface area contributed by atoms with Crippen LogP contribution in [0.4, 0.5) is 0 Å². The molecule has 124 valence electrons. The molecule has 1 aliphatic heterocycles. The smallest absolute Gasteiger partial charge is 0.308 e. The largest absolute Gasteiger partial charge is 0.497 e. The van der Waals surface area contributed by atoms with E-state index in [-0.39, 0.29) is 12.3 Å². The Morgan fingerprint density at radius 1 is 1.42 bits per heavy atom. The topological polar surface area (TPSA) is 88.5 Å². The minimum atomic E-state index is -0.906. The van der Waals surface area contributed by atoms with Gasteiger partial charge in [0.25, 0.3) is 0 Å². The Balaban J connectivity index is 1.96. The SMILES string of the molecule is COc1ccc(-c2nc(/C=C3\NC(=O)CS3)sc2CC(=O)O)cc1. The maximum absolute atomic E-state index is 11.3. The van der Waals surface area contributed by atoms with Crippen LogP contribution in [0.5, 0.6) is 5.75 Å². The molecule has 0 unspecified atom stereocenters. The van der Waals surface area contributed by atoms with Crippen molar-refractivity contribution in [3.63, 3.8) is 0 Å². The summed E-state index contributed by atoms with van der Waals surface area (Å²) in [4.78, 5) is 27.6. The van der Waals surface area contributed by atoms with Gasteiger partial charge in [0.2, 0.25) is 5.91 Å². The van der Waals surface area contributed by atoms with Gasteiger partial charge in [-0.25, -0.2) is 4.98 Å². The number of ether oxygens (including phenoxy) is 1. The fourth-order valence-electron chi connectivity index (χ4n) is 2.21. The number of methoxy groups -OCH3 is 1. The van der Waals surface area contributed by atoms with Gasteiger partial charge in [0.05, 0.1) is 30.0 Å². The number of amides is 1. The molecule has 0 saturated carbocycles. The number of hydrogen-bond donors (Lipinski definition) is 2. The molecule has 0 aliphatic carbocycles. The zero-order chi connectivity index (χ0) is 17.1. The van der Waals surface area contributed by atoms with Crippen LogP contribution in [0.3, 0.4) is 0 Å². The summed E-state index contributed by atoms with van der Waals surface area (Å²) >= 11 is 2.73. The Morgan fingerprint density at radius 3 is 2.75 bits per heavy atom. The Labute approximate surface area is 146 Å². The number of nitrogens with zero attached hydrogens (tertiary/aromatic N) is 1. The van der Waals surface area contributed by atoms with E-state index in [1.165, 1.54) is 23.1 Å². The normalized spacial score (nSPS) is 15.5. The molecule has 1 fully saturated rings. The van der Waals surface area contributed by atoms with Crippen molar-refractivity contribution in [2.45, 2.75) is 6.42 Å². The summed E-state index contributed by atoms with van der Waals surface area (Å²) in [5.74, 6) is 0.172. The number of carboxylic acid groups (broad SMARTS) is 1. The summed E-state index contributed by atoms with van der Waals surface area (Å²) in [5, 5.41) is 13.3. The molecule has 0 radical (unpaired) electrons. The van der Waals surface area contributed by atoms with E-state index in [9.17, 15) is 9.59 Å². The highest BCUT2D eigenvalue weighted by atomic mass is 32.2. The van der Waals surface area contributed by atoms with Gasteiger partial charge in [-0.1, -0.05) is 11.8 Å². The number of carbonyl (C=O) groups is 2. The summed E-state index contributed by atoms with van der Waals surface area (Å²) in [7, 11) is 1.59. The van der Waals surface area contributed by atoms with E-state index < -0.39 is 5.97 Å². The van der Waals surface area contributed by atoms with Crippen molar-refractivity contribution in [3.05, 3.63) is 39.2 Å². The third-order valence-electron chi connectivity index (χ3n) is 3.27. The Morgan fingerprint density at radius 2 is 2.17 bits per heavy atom. The monoisotopic (exact) mass is 362 g/mol. The lowest BCUT2D eigenvalue weighted by molar-refractivity contribution is -0.136. The van der Waals surface area contributed by atoms with E-state index in [1.54, 1.807) is 13.2 Å². The van der Waals surface area contributed by atoms with Crippen molar-refractivity contribution in [1.82, 2.24) is 10.3 Å². The lowest BCUT2D eigenvalue weighted by Crippen LogP contribution is -2.13. The van der Waals surface area contributed by atoms with Crippen LogP contribution in [-0.4, -0.2) is 34.8 Å². The highest BCUT2D eigenvalue weighted by molar-refractivity contribution is 8.04. The molecule has 0 spiro atoms. The van der Waals surface area contributed by atoms with Crippen molar-refractivity contribution >= 4 is 41.1 Å². The molecule has 1 aromatic carbocycles. The molecule has 6 nitrogen and oxygen atoms in total. The average Bonchev–Trinajstić information content (AvgIpc) is 3.13. The summed E-state index contributed by atoms with van der Waals surface area (Å²) in [5.41, 5.74) is 1.47. The van der Waals surface area contributed by atoms with Gasteiger partial charge in [0.1, 0.15) is 10.8 Å². The van der Waals surface area contributed by atoms with Gasteiger partial charge in [-0.3, -0.25) is 9.59 Å². The van der Waals surface area contributed by atoms with Crippen molar-refractivity contribution in [2.24, 2.45) is 0 Å². The predicted octanol–water partition coefficient (Wildman–Crippen LogP) is 2.61. The maximum Gasteiger partial charge on any atom is 0.308 e. The minimum Gasteiger partial charge on any atom is -0.497 e. The molecule has 0 atom stereocenters. The molecule has 1 aromatic heterocycles. The number of carbonyl (C=O) groups excluding carboxylic acids is 1. The molecule has 0 bridgehead atoms. The molecule has 1 amide bonds. The van der Waals surface area contributed by atoms with E-state index in [0.717, 1.165) is 16.3 Å². The molecular weight excluding hydrogens is 348 g/mol. The first-order valence-corrected chi connectivity index (χ1v) is 8.85. The third kappa shape index (κ3) is 3.77. The van der Waals surface area contributed by atoms with Crippen LogP contribution in [0, 0.1) is 0 Å². The van der Waals surface area contributed by atoms with Crippen LogP contribution < -0.4 is 10.1 Å². The molecule has 2 heterocycles. The number of nitrogens with one attached hydrogen (secondary N) is 1. The molecule has 2 N–H and O–H groups in total. The van der Waals surface area contributed by atoms with Crippen molar-refractivity contribution in [1.29, 1.82) is 0 Å². The zero-order valence-electron chi connectivity index (χ0n) is 12.7. The average molecular weight is 362 g/mol. The first kappa shape index (κ1) is 16.5. The number of carboxylic acids is 1. The highest BCUT2D eigenvalue weighted by Crippen LogP contribution is 2.32. The van der Waals surface area contributed by atoms with Crippen LogP contribution in [0.2, 0.25) is 0 Å². The second-order valence-corrected chi connectivity index (χ2v) is 7.10. The van der Waals surface area contributed by atoms with Gasteiger partial charge < -0.3 is 15.2 Å². The van der Waals surface area contributed by atoms with Gasteiger partial charge >= 0.3 is 5.97 Å².